The highest BCUT2D eigenvalue weighted by Gasteiger charge is 2.34. The molecule has 1 aliphatic heterocycles. The summed E-state index contributed by atoms with van der Waals surface area (Å²) < 4.78 is 20.9. The van der Waals surface area contributed by atoms with E-state index >= 15 is 0 Å². The minimum atomic E-state index is -0.306. The monoisotopic (exact) mass is 664 g/mol. The summed E-state index contributed by atoms with van der Waals surface area (Å²) in [7, 11) is 0. The molecule has 0 aromatic heterocycles. The summed E-state index contributed by atoms with van der Waals surface area (Å²) in [5.74, 6) is 0.142. The van der Waals surface area contributed by atoms with Gasteiger partial charge in [0.25, 0.3) is 5.91 Å². The molecule has 1 fully saturated rings. The van der Waals surface area contributed by atoms with Gasteiger partial charge < -0.3 is 4.74 Å². The van der Waals surface area contributed by atoms with Crippen LogP contribution in [0.3, 0.4) is 0 Å². The van der Waals surface area contributed by atoms with E-state index in [1.165, 1.54) is 23.9 Å². The highest BCUT2D eigenvalue weighted by molar-refractivity contribution is 9.11. The van der Waals surface area contributed by atoms with E-state index in [-0.39, 0.29) is 18.3 Å². The molecule has 0 spiro atoms. The first-order valence-electron chi connectivity index (χ1n) is 12.1. The number of carbonyl (C=O) groups excluding carboxylic acids is 1. The number of aliphatic imine (C=N–C) groups is 1. The van der Waals surface area contributed by atoms with Gasteiger partial charge in [-0.15, -0.1) is 0 Å². The Balaban J connectivity index is 1.45. The normalized spacial score (nSPS) is 15.4. The van der Waals surface area contributed by atoms with Crippen LogP contribution >= 0.6 is 43.6 Å². The fourth-order valence-electron chi connectivity index (χ4n) is 3.93. The van der Waals surface area contributed by atoms with Crippen molar-refractivity contribution in [1.29, 1.82) is 0 Å². The van der Waals surface area contributed by atoms with Crippen molar-refractivity contribution in [3.63, 3.8) is 0 Å². The number of amidine groups is 1. The minimum absolute atomic E-state index is 0.145. The molecule has 8 heteroatoms. The molecule has 4 aromatic rings. The van der Waals surface area contributed by atoms with Crippen LogP contribution in [0.25, 0.3) is 6.08 Å². The fraction of sp³-hybridized carbons (Fsp3) is 0.0968. The van der Waals surface area contributed by atoms with Gasteiger partial charge in [0.1, 0.15) is 18.2 Å². The standard InChI is InChI=1S/C31H23Br2FN2O2S/c1-19-6-10-24(11-7-19)35-31-36(25-12-8-20(2)9-13-25)30(37)28(39-31)17-22-15-26(32)29(27(33)16-22)38-18-21-4-3-5-23(34)14-21/h3-17H,18H2,1-2H3/b28-17-,35-31?. The average molecular weight is 666 g/mol. The summed E-state index contributed by atoms with van der Waals surface area (Å²) in [6, 6.07) is 25.8. The van der Waals surface area contributed by atoms with Gasteiger partial charge in [-0.05, 0) is 123 Å². The zero-order valence-electron chi connectivity index (χ0n) is 21.1. The predicted octanol–water partition coefficient (Wildman–Crippen LogP) is 9.36. The van der Waals surface area contributed by atoms with Gasteiger partial charge in [-0.25, -0.2) is 9.38 Å². The number of carbonyl (C=O) groups is 1. The molecule has 1 heterocycles. The molecule has 0 aliphatic carbocycles. The second kappa shape index (κ2) is 11.9. The maximum atomic E-state index is 13.7. The third-order valence-electron chi connectivity index (χ3n) is 5.95. The Hall–Kier alpha value is -3.20. The topological polar surface area (TPSA) is 41.9 Å². The van der Waals surface area contributed by atoms with E-state index in [1.54, 1.807) is 11.0 Å². The zero-order valence-corrected chi connectivity index (χ0v) is 25.1. The summed E-state index contributed by atoms with van der Waals surface area (Å²) in [5.41, 5.74) is 5.33. The zero-order chi connectivity index (χ0) is 27.5. The lowest BCUT2D eigenvalue weighted by Gasteiger charge is -2.16. The number of anilines is 1. The van der Waals surface area contributed by atoms with Crippen molar-refractivity contribution in [3.05, 3.63) is 127 Å². The van der Waals surface area contributed by atoms with Gasteiger partial charge in [0.05, 0.1) is 25.2 Å². The molecule has 0 saturated carbocycles. The molecule has 39 heavy (non-hydrogen) atoms. The molecule has 1 amide bonds. The number of nitrogens with zero attached hydrogens (tertiary/aromatic N) is 2. The molecule has 4 nitrogen and oxygen atoms in total. The SMILES string of the molecule is Cc1ccc(N=C2S/C(=C\c3cc(Br)c(OCc4cccc(F)c4)c(Br)c3)C(=O)N2c2ccc(C)cc2)cc1. The predicted molar refractivity (Wildman–Crippen MR) is 165 cm³/mol. The van der Waals surface area contributed by atoms with E-state index in [0.29, 0.717) is 24.8 Å². The van der Waals surface area contributed by atoms with Crippen LogP contribution in [0.15, 0.2) is 104 Å². The van der Waals surface area contributed by atoms with Crippen molar-refractivity contribution in [2.24, 2.45) is 4.99 Å². The fourth-order valence-corrected chi connectivity index (χ4v) is 6.39. The minimum Gasteiger partial charge on any atom is -0.487 e. The van der Waals surface area contributed by atoms with E-state index in [1.807, 2.05) is 86.7 Å². The summed E-state index contributed by atoms with van der Waals surface area (Å²) in [4.78, 5) is 20.7. The van der Waals surface area contributed by atoms with Gasteiger partial charge in [0.15, 0.2) is 5.17 Å². The van der Waals surface area contributed by atoms with Crippen LogP contribution in [0.5, 0.6) is 5.75 Å². The first-order chi connectivity index (χ1) is 18.8. The molecule has 1 saturated heterocycles. The Morgan fingerprint density at radius 2 is 1.56 bits per heavy atom. The number of rotatable bonds is 6. The van der Waals surface area contributed by atoms with E-state index in [9.17, 15) is 9.18 Å². The van der Waals surface area contributed by atoms with Gasteiger partial charge in [-0.1, -0.05) is 47.5 Å². The Kier molecular flexibility index (Phi) is 8.35. The van der Waals surface area contributed by atoms with Crippen molar-refractivity contribution in [1.82, 2.24) is 0 Å². The van der Waals surface area contributed by atoms with Crippen LogP contribution in [0.4, 0.5) is 15.8 Å². The number of halogens is 3. The van der Waals surface area contributed by atoms with E-state index < -0.39 is 0 Å². The molecule has 196 valence electrons. The summed E-state index contributed by atoms with van der Waals surface area (Å²) >= 11 is 8.50. The molecule has 0 N–H and O–H groups in total. The van der Waals surface area contributed by atoms with Crippen LogP contribution in [-0.4, -0.2) is 11.1 Å². The number of hydrogen-bond acceptors (Lipinski definition) is 4. The number of aryl methyl sites for hydroxylation is 2. The molecule has 4 aromatic carbocycles. The van der Waals surface area contributed by atoms with Crippen LogP contribution in [0.2, 0.25) is 0 Å². The molecule has 0 radical (unpaired) electrons. The Labute approximate surface area is 247 Å². The van der Waals surface area contributed by atoms with E-state index in [0.717, 1.165) is 33.6 Å². The van der Waals surface area contributed by atoms with Crippen LogP contribution in [0, 0.1) is 19.7 Å². The van der Waals surface area contributed by atoms with Gasteiger partial charge in [-0.3, -0.25) is 9.69 Å². The van der Waals surface area contributed by atoms with Crippen molar-refractivity contribution >= 4 is 72.1 Å². The number of hydrogen-bond donors (Lipinski definition) is 0. The number of thioether (sulfide) groups is 1. The summed E-state index contributed by atoms with van der Waals surface area (Å²) in [5, 5.41) is 0.590. The van der Waals surface area contributed by atoms with Gasteiger partial charge in [0, 0.05) is 0 Å². The molecule has 1 aliphatic rings. The smallest absolute Gasteiger partial charge is 0.271 e. The maximum absolute atomic E-state index is 13.7. The second-order valence-corrected chi connectivity index (χ2v) is 11.8. The van der Waals surface area contributed by atoms with Crippen LogP contribution in [-0.2, 0) is 11.4 Å². The van der Waals surface area contributed by atoms with Crippen molar-refractivity contribution < 1.29 is 13.9 Å². The molecular weight excluding hydrogens is 643 g/mol. The Bertz CT molecular complexity index is 1580. The quantitative estimate of drug-likeness (QED) is 0.193. The summed E-state index contributed by atoms with van der Waals surface area (Å²) in [6.07, 6.45) is 1.84. The highest BCUT2D eigenvalue weighted by atomic mass is 79.9. The molecular formula is C31H23Br2FN2O2S. The Morgan fingerprint density at radius 3 is 2.21 bits per heavy atom. The van der Waals surface area contributed by atoms with E-state index in [4.69, 9.17) is 9.73 Å². The van der Waals surface area contributed by atoms with Crippen molar-refractivity contribution in [2.75, 3.05) is 4.90 Å². The lowest BCUT2D eigenvalue weighted by molar-refractivity contribution is -0.113. The van der Waals surface area contributed by atoms with Gasteiger partial charge in [0.2, 0.25) is 0 Å². The first-order valence-corrected chi connectivity index (χ1v) is 14.5. The molecule has 0 unspecified atom stereocenters. The molecule has 0 atom stereocenters. The third-order valence-corrected chi connectivity index (χ3v) is 8.09. The Morgan fingerprint density at radius 1 is 0.923 bits per heavy atom. The van der Waals surface area contributed by atoms with Crippen molar-refractivity contribution in [3.8, 4) is 5.75 Å². The maximum Gasteiger partial charge on any atom is 0.271 e. The third kappa shape index (κ3) is 6.52. The highest BCUT2D eigenvalue weighted by Crippen LogP contribution is 2.40. The van der Waals surface area contributed by atoms with E-state index in [2.05, 4.69) is 31.9 Å². The van der Waals surface area contributed by atoms with Gasteiger partial charge in [-0.2, -0.15) is 0 Å². The number of ether oxygens (including phenoxy) is 1. The van der Waals surface area contributed by atoms with Crippen LogP contribution < -0.4 is 9.64 Å². The first kappa shape index (κ1) is 27.4. The lowest BCUT2D eigenvalue weighted by atomic mass is 10.2. The van der Waals surface area contributed by atoms with Crippen molar-refractivity contribution in [2.45, 2.75) is 20.5 Å². The number of benzene rings is 4. The average Bonchev–Trinajstić information content (AvgIpc) is 3.19. The molecule has 0 bridgehead atoms. The lowest BCUT2D eigenvalue weighted by Crippen LogP contribution is -2.28. The largest absolute Gasteiger partial charge is 0.487 e. The summed E-state index contributed by atoms with van der Waals surface area (Å²) in [6.45, 7) is 4.25. The van der Waals surface area contributed by atoms with Gasteiger partial charge >= 0.3 is 0 Å². The second-order valence-electron chi connectivity index (χ2n) is 9.05. The molecule has 5 rings (SSSR count). The number of amides is 1. The van der Waals surface area contributed by atoms with Crippen LogP contribution in [0.1, 0.15) is 22.3 Å².